The Balaban J connectivity index is 1.54. The number of thioether (sulfide) groups is 1. The van der Waals surface area contributed by atoms with E-state index < -0.39 is 0 Å². The van der Waals surface area contributed by atoms with Gasteiger partial charge >= 0.3 is 0 Å². The van der Waals surface area contributed by atoms with Crippen molar-refractivity contribution in [1.29, 1.82) is 0 Å². The largest absolute Gasteiger partial charge is 0.338 e. The number of nitrogens with one attached hydrogen (secondary N) is 2. The third kappa shape index (κ3) is 4.98. The number of amides is 2. The molecule has 130 valence electrons. The van der Waals surface area contributed by atoms with Crippen LogP contribution in [0.2, 0.25) is 0 Å². The van der Waals surface area contributed by atoms with Crippen LogP contribution in [0.4, 0.5) is 5.69 Å². The molecule has 2 aliphatic rings. The van der Waals surface area contributed by atoms with Crippen LogP contribution < -0.4 is 10.6 Å². The summed E-state index contributed by atoms with van der Waals surface area (Å²) in [4.78, 5) is 26.0. The molecule has 2 N–H and O–H groups in total. The Morgan fingerprint density at radius 3 is 3.08 bits per heavy atom. The van der Waals surface area contributed by atoms with E-state index in [-0.39, 0.29) is 17.9 Å². The van der Waals surface area contributed by atoms with Crippen molar-refractivity contribution in [3.8, 4) is 0 Å². The van der Waals surface area contributed by atoms with E-state index in [1.54, 1.807) is 0 Å². The van der Waals surface area contributed by atoms with Gasteiger partial charge < -0.3 is 15.5 Å². The van der Waals surface area contributed by atoms with Crippen molar-refractivity contribution in [3.63, 3.8) is 0 Å². The Hall–Kier alpha value is -1.53. The van der Waals surface area contributed by atoms with Crippen LogP contribution in [0.1, 0.15) is 31.2 Å². The van der Waals surface area contributed by atoms with E-state index in [1.165, 1.54) is 0 Å². The van der Waals surface area contributed by atoms with Crippen LogP contribution >= 0.6 is 11.8 Å². The highest BCUT2D eigenvalue weighted by Crippen LogP contribution is 2.18. The summed E-state index contributed by atoms with van der Waals surface area (Å²) in [5.74, 6) is 2.39. The minimum Gasteiger partial charge on any atom is -0.338 e. The maximum atomic E-state index is 12.2. The topological polar surface area (TPSA) is 61.4 Å². The van der Waals surface area contributed by atoms with Gasteiger partial charge in [-0.3, -0.25) is 9.59 Å². The molecule has 1 atom stereocenters. The van der Waals surface area contributed by atoms with Crippen LogP contribution in [-0.4, -0.2) is 47.4 Å². The third-order valence-corrected chi connectivity index (χ3v) is 5.57. The zero-order chi connectivity index (χ0) is 16.8. The second kappa shape index (κ2) is 8.53. The van der Waals surface area contributed by atoms with Gasteiger partial charge in [-0.1, -0.05) is 12.1 Å². The van der Waals surface area contributed by atoms with Crippen LogP contribution in [0.5, 0.6) is 0 Å². The van der Waals surface area contributed by atoms with Gasteiger partial charge in [0.15, 0.2) is 0 Å². The first kappa shape index (κ1) is 17.3. The van der Waals surface area contributed by atoms with Crippen LogP contribution in [0.25, 0.3) is 0 Å². The first-order valence-electron chi connectivity index (χ1n) is 8.68. The Bertz CT molecular complexity index is 587. The summed E-state index contributed by atoms with van der Waals surface area (Å²) >= 11 is 1.89. The monoisotopic (exact) mass is 347 g/mol. The van der Waals surface area contributed by atoms with Gasteiger partial charge in [0.1, 0.15) is 0 Å². The quantitative estimate of drug-likeness (QED) is 0.857. The maximum absolute atomic E-state index is 12.2. The van der Waals surface area contributed by atoms with Crippen LogP contribution in [0.15, 0.2) is 24.3 Å². The van der Waals surface area contributed by atoms with E-state index >= 15 is 0 Å². The molecule has 0 radical (unpaired) electrons. The van der Waals surface area contributed by atoms with Crippen molar-refractivity contribution >= 4 is 29.3 Å². The number of benzene rings is 1. The smallest absolute Gasteiger partial charge is 0.225 e. The molecule has 1 aromatic rings. The fourth-order valence-electron chi connectivity index (χ4n) is 3.18. The number of carbonyl (C=O) groups is 2. The average molecular weight is 347 g/mol. The minimum atomic E-state index is 0.0428. The van der Waals surface area contributed by atoms with Gasteiger partial charge in [0.05, 0.1) is 0 Å². The predicted octanol–water partition coefficient (Wildman–Crippen LogP) is 2.23. The van der Waals surface area contributed by atoms with Crippen LogP contribution in [-0.2, 0) is 16.1 Å². The summed E-state index contributed by atoms with van der Waals surface area (Å²) in [7, 11) is 0. The standard InChI is InChI=1S/C18H25N3O2S/c22-17(11-16-13-24-9-7-19-16)20-15-5-3-4-14(10-15)12-21-8-2-1-6-18(21)23/h3-5,10,16,19H,1-2,6-9,11-13H2,(H,20,22). The molecule has 0 aliphatic carbocycles. The summed E-state index contributed by atoms with van der Waals surface area (Å²) in [6.45, 7) is 2.44. The van der Waals surface area contributed by atoms with Crippen LogP contribution in [0.3, 0.4) is 0 Å². The van der Waals surface area contributed by atoms with Crippen molar-refractivity contribution in [2.45, 2.75) is 38.3 Å². The van der Waals surface area contributed by atoms with Gasteiger partial charge in [-0.25, -0.2) is 0 Å². The molecule has 2 fully saturated rings. The Morgan fingerprint density at radius 2 is 2.29 bits per heavy atom. The molecule has 2 aliphatic heterocycles. The predicted molar refractivity (Wildman–Crippen MR) is 98.1 cm³/mol. The van der Waals surface area contributed by atoms with E-state index in [4.69, 9.17) is 0 Å². The molecule has 6 heteroatoms. The van der Waals surface area contributed by atoms with E-state index in [0.717, 1.165) is 48.7 Å². The van der Waals surface area contributed by atoms with Crippen molar-refractivity contribution in [2.75, 3.05) is 29.9 Å². The lowest BCUT2D eigenvalue weighted by Crippen LogP contribution is -2.39. The fraction of sp³-hybridized carbons (Fsp3) is 0.556. The Labute approximate surface area is 147 Å². The number of piperidine rings is 1. The number of likely N-dealkylation sites (tertiary alicyclic amines) is 1. The number of hydrogen-bond acceptors (Lipinski definition) is 4. The molecule has 3 rings (SSSR count). The van der Waals surface area contributed by atoms with Gasteiger partial charge in [-0.2, -0.15) is 11.8 Å². The van der Waals surface area contributed by atoms with Gasteiger partial charge in [-0.05, 0) is 30.5 Å². The number of carbonyl (C=O) groups excluding carboxylic acids is 2. The number of rotatable bonds is 5. The molecule has 24 heavy (non-hydrogen) atoms. The van der Waals surface area contributed by atoms with Gasteiger partial charge in [0.2, 0.25) is 11.8 Å². The lowest BCUT2D eigenvalue weighted by atomic mass is 10.1. The summed E-state index contributed by atoms with van der Waals surface area (Å²) < 4.78 is 0. The minimum absolute atomic E-state index is 0.0428. The van der Waals surface area contributed by atoms with Crippen molar-refractivity contribution in [1.82, 2.24) is 10.2 Å². The Kier molecular flexibility index (Phi) is 6.15. The van der Waals surface area contributed by atoms with Crippen molar-refractivity contribution in [2.24, 2.45) is 0 Å². The molecule has 0 saturated carbocycles. The van der Waals surface area contributed by atoms with Crippen molar-refractivity contribution < 1.29 is 9.59 Å². The van der Waals surface area contributed by atoms with E-state index in [2.05, 4.69) is 10.6 Å². The number of anilines is 1. The Morgan fingerprint density at radius 1 is 1.38 bits per heavy atom. The van der Waals surface area contributed by atoms with Gasteiger partial charge in [-0.15, -0.1) is 0 Å². The molecule has 2 heterocycles. The number of nitrogens with zero attached hydrogens (tertiary/aromatic N) is 1. The van der Waals surface area contributed by atoms with Crippen LogP contribution in [0, 0.1) is 0 Å². The molecule has 0 spiro atoms. The third-order valence-electron chi connectivity index (χ3n) is 4.44. The van der Waals surface area contributed by atoms with Crippen molar-refractivity contribution in [3.05, 3.63) is 29.8 Å². The summed E-state index contributed by atoms with van der Waals surface area (Å²) in [6, 6.07) is 8.09. The highest BCUT2D eigenvalue weighted by molar-refractivity contribution is 7.99. The molecular weight excluding hydrogens is 322 g/mol. The summed E-state index contributed by atoms with van der Waals surface area (Å²) in [5.41, 5.74) is 1.87. The second-order valence-electron chi connectivity index (χ2n) is 6.45. The van der Waals surface area contributed by atoms with Gasteiger partial charge in [0.25, 0.3) is 0 Å². The molecular formula is C18H25N3O2S. The summed E-state index contributed by atoms with van der Waals surface area (Å²) in [6.07, 6.45) is 3.23. The average Bonchev–Trinajstić information content (AvgIpc) is 2.58. The molecule has 5 nitrogen and oxygen atoms in total. The molecule has 0 aromatic heterocycles. The zero-order valence-corrected chi connectivity index (χ0v) is 14.7. The highest BCUT2D eigenvalue weighted by Gasteiger charge is 2.19. The molecule has 2 saturated heterocycles. The fourth-order valence-corrected chi connectivity index (χ4v) is 4.13. The normalized spacial score (nSPS) is 21.6. The zero-order valence-electron chi connectivity index (χ0n) is 13.9. The highest BCUT2D eigenvalue weighted by atomic mass is 32.2. The maximum Gasteiger partial charge on any atom is 0.225 e. The van der Waals surface area contributed by atoms with E-state index in [0.29, 0.717) is 19.4 Å². The molecule has 2 amide bonds. The number of hydrogen-bond donors (Lipinski definition) is 2. The molecule has 1 aromatic carbocycles. The summed E-state index contributed by atoms with van der Waals surface area (Å²) in [5, 5.41) is 6.37. The molecule has 1 unspecified atom stereocenters. The SMILES string of the molecule is O=C(CC1CSCCN1)Nc1cccc(CN2CCCCC2=O)c1. The lowest BCUT2D eigenvalue weighted by molar-refractivity contribution is -0.133. The lowest BCUT2D eigenvalue weighted by Gasteiger charge is -2.27. The van der Waals surface area contributed by atoms with E-state index in [1.807, 2.05) is 40.9 Å². The first-order valence-corrected chi connectivity index (χ1v) is 9.84. The second-order valence-corrected chi connectivity index (χ2v) is 7.60. The van der Waals surface area contributed by atoms with Gasteiger partial charge in [0, 0.05) is 55.7 Å². The first-order chi connectivity index (χ1) is 11.7. The van der Waals surface area contributed by atoms with E-state index in [9.17, 15) is 9.59 Å². The molecule has 0 bridgehead atoms.